The summed E-state index contributed by atoms with van der Waals surface area (Å²) >= 11 is 1.34. The van der Waals surface area contributed by atoms with Crippen LogP contribution in [0.15, 0.2) is 23.1 Å². The number of aliphatic carboxylic acids is 1. The Morgan fingerprint density at radius 1 is 1.53 bits per heavy atom. The lowest BCUT2D eigenvalue weighted by molar-refractivity contribution is -0.136. The number of ether oxygens (including phenoxy) is 1. The molecule has 82 valence electrons. The smallest absolute Gasteiger partial charge is 0.316 e. The largest absolute Gasteiger partial charge is 0.497 e. The summed E-state index contributed by atoms with van der Waals surface area (Å²) in [7, 11) is 1.61. The zero-order valence-corrected chi connectivity index (χ0v) is 9.80. The summed E-state index contributed by atoms with van der Waals surface area (Å²) in [6.45, 7) is 3.62. The van der Waals surface area contributed by atoms with Crippen LogP contribution >= 0.6 is 11.8 Å². The second-order valence-electron chi connectivity index (χ2n) is 3.23. The molecule has 1 aromatic carbocycles. The van der Waals surface area contributed by atoms with E-state index in [-0.39, 0.29) is 0 Å². The monoisotopic (exact) mass is 226 g/mol. The van der Waals surface area contributed by atoms with Gasteiger partial charge in [0, 0.05) is 4.90 Å². The average Bonchev–Trinajstić information content (AvgIpc) is 2.20. The van der Waals surface area contributed by atoms with Crippen molar-refractivity contribution in [2.24, 2.45) is 0 Å². The molecule has 0 bridgehead atoms. The molecule has 0 saturated heterocycles. The fourth-order valence-electron chi connectivity index (χ4n) is 1.12. The highest BCUT2D eigenvalue weighted by molar-refractivity contribution is 8.00. The maximum atomic E-state index is 10.7. The molecule has 0 aliphatic carbocycles. The molecule has 0 spiro atoms. The number of thioether (sulfide) groups is 1. The molecule has 15 heavy (non-hydrogen) atoms. The second-order valence-corrected chi connectivity index (χ2v) is 4.61. The van der Waals surface area contributed by atoms with Crippen molar-refractivity contribution in [3.8, 4) is 5.75 Å². The van der Waals surface area contributed by atoms with Gasteiger partial charge in [-0.15, -0.1) is 11.8 Å². The maximum absolute atomic E-state index is 10.7. The number of carbonyl (C=O) groups is 1. The van der Waals surface area contributed by atoms with Gasteiger partial charge in [0.05, 0.1) is 7.11 Å². The molecule has 0 saturated carbocycles. The summed E-state index contributed by atoms with van der Waals surface area (Å²) in [5, 5.41) is 8.36. The highest BCUT2D eigenvalue weighted by Gasteiger charge is 2.13. The second kappa shape index (κ2) is 5.07. The van der Waals surface area contributed by atoms with Crippen molar-refractivity contribution < 1.29 is 14.6 Å². The van der Waals surface area contributed by atoms with Crippen molar-refractivity contribution in [2.45, 2.75) is 24.0 Å². The van der Waals surface area contributed by atoms with Gasteiger partial charge in [0.15, 0.2) is 0 Å². The Morgan fingerprint density at radius 2 is 2.20 bits per heavy atom. The minimum atomic E-state index is -0.796. The Balaban J connectivity index is 2.82. The number of hydrogen-bond acceptors (Lipinski definition) is 3. The molecule has 0 radical (unpaired) electrons. The van der Waals surface area contributed by atoms with Gasteiger partial charge >= 0.3 is 5.97 Å². The van der Waals surface area contributed by atoms with Crippen LogP contribution in [-0.2, 0) is 4.79 Å². The molecule has 1 aromatic rings. The maximum Gasteiger partial charge on any atom is 0.316 e. The van der Waals surface area contributed by atoms with E-state index in [1.807, 2.05) is 25.1 Å². The van der Waals surface area contributed by atoms with Gasteiger partial charge in [0.2, 0.25) is 0 Å². The Labute approximate surface area is 93.4 Å². The summed E-state index contributed by atoms with van der Waals surface area (Å²) < 4.78 is 5.08. The summed E-state index contributed by atoms with van der Waals surface area (Å²) in [6, 6.07) is 5.62. The van der Waals surface area contributed by atoms with Crippen LogP contribution in [0.4, 0.5) is 0 Å². The molecule has 0 aliphatic heterocycles. The molecule has 0 fully saturated rings. The Morgan fingerprint density at radius 3 is 2.67 bits per heavy atom. The average molecular weight is 226 g/mol. The number of benzene rings is 1. The van der Waals surface area contributed by atoms with Crippen molar-refractivity contribution in [3.05, 3.63) is 23.8 Å². The standard InChI is InChI=1S/C11H14O3S/c1-7-6-9(14-3)4-5-10(7)15-8(2)11(12)13/h4-6,8H,1-3H3,(H,12,13). The lowest BCUT2D eigenvalue weighted by Gasteiger charge is -2.10. The van der Waals surface area contributed by atoms with Gasteiger partial charge in [0.1, 0.15) is 11.0 Å². The van der Waals surface area contributed by atoms with Gasteiger partial charge < -0.3 is 9.84 Å². The van der Waals surface area contributed by atoms with Crippen molar-refractivity contribution in [3.63, 3.8) is 0 Å². The summed E-state index contributed by atoms with van der Waals surface area (Å²) in [5.41, 5.74) is 1.03. The van der Waals surface area contributed by atoms with E-state index >= 15 is 0 Å². The van der Waals surface area contributed by atoms with Crippen molar-refractivity contribution in [1.82, 2.24) is 0 Å². The van der Waals surface area contributed by atoms with Crippen LogP contribution in [0.25, 0.3) is 0 Å². The SMILES string of the molecule is COc1ccc(SC(C)C(=O)O)c(C)c1. The molecule has 1 N–H and O–H groups in total. The van der Waals surface area contributed by atoms with Crippen LogP contribution in [0.5, 0.6) is 5.75 Å². The zero-order chi connectivity index (χ0) is 11.4. The van der Waals surface area contributed by atoms with Gasteiger partial charge in [-0.1, -0.05) is 0 Å². The third kappa shape index (κ3) is 3.16. The van der Waals surface area contributed by atoms with E-state index in [0.29, 0.717) is 0 Å². The highest BCUT2D eigenvalue weighted by Crippen LogP contribution is 2.29. The van der Waals surface area contributed by atoms with E-state index in [4.69, 9.17) is 9.84 Å². The van der Waals surface area contributed by atoms with E-state index in [9.17, 15) is 4.79 Å². The zero-order valence-electron chi connectivity index (χ0n) is 8.98. The van der Waals surface area contributed by atoms with E-state index in [0.717, 1.165) is 16.2 Å². The predicted octanol–water partition coefficient (Wildman–Crippen LogP) is 2.57. The molecule has 1 atom stereocenters. The van der Waals surface area contributed by atoms with Crippen molar-refractivity contribution in [2.75, 3.05) is 7.11 Å². The Kier molecular flexibility index (Phi) is 4.03. The number of carboxylic acids is 1. The molecule has 0 amide bonds. The normalized spacial score (nSPS) is 12.2. The predicted molar refractivity (Wildman–Crippen MR) is 60.7 cm³/mol. The molecular weight excluding hydrogens is 212 g/mol. The van der Waals surface area contributed by atoms with E-state index in [1.54, 1.807) is 14.0 Å². The molecule has 1 unspecified atom stereocenters. The Bertz CT molecular complexity index is 363. The van der Waals surface area contributed by atoms with Crippen molar-refractivity contribution >= 4 is 17.7 Å². The summed E-state index contributed by atoms with van der Waals surface area (Å²) in [4.78, 5) is 11.7. The quantitative estimate of drug-likeness (QED) is 0.801. The van der Waals surface area contributed by atoms with Gasteiger partial charge in [-0.2, -0.15) is 0 Å². The number of carboxylic acid groups (broad SMARTS) is 1. The van der Waals surface area contributed by atoms with Gasteiger partial charge in [0.25, 0.3) is 0 Å². The summed E-state index contributed by atoms with van der Waals surface area (Å²) in [6.07, 6.45) is 0. The number of aryl methyl sites for hydroxylation is 1. The fourth-order valence-corrected chi connectivity index (χ4v) is 2.00. The number of methoxy groups -OCH3 is 1. The van der Waals surface area contributed by atoms with Crippen LogP contribution in [-0.4, -0.2) is 23.4 Å². The van der Waals surface area contributed by atoms with Crippen molar-refractivity contribution in [1.29, 1.82) is 0 Å². The number of hydrogen-bond donors (Lipinski definition) is 1. The molecule has 0 aliphatic rings. The van der Waals surface area contributed by atoms with Crippen LogP contribution in [0.2, 0.25) is 0 Å². The minimum Gasteiger partial charge on any atom is -0.497 e. The number of rotatable bonds is 4. The molecule has 0 heterocycles. The third-order valence-corrected chi connectivity index (χ3v) is 3.30. The van der Waals surface area contributed by atoms with Gasteiger partial charge in [-0.05, 0) is 37.6 Å². The first-order chi connectivity index (χ1) is 7.04. The third-order valence-electron chi connectivity index (χ3n) is 2.03. The lowest BCUT2D eigenvalue weighted by atomic mass is 10.2. The lowest BCUT2D eigenvalue weighted by Crippen LogP contribution is -2.11. The fraction of sp³-hybridized carbons (Fsp3) is 0.364. The topological polar surface area (TPSA) is 46.5 Å². The molecule has 0 aromatic heterocycles. The van der Waals surface area contributed by atoms with E-state index < -0.39 is 11.2 Å². The molecular formula is C11H14O3S. The Hall–Kier alpha value is -1.16. The molecule has 4 heteroatoms. The van der Waals surface area contributed by atoms with Crippen LogP contribution in [0.3, 0.4) is 0 Å². The van der Waals surface area contributed by atoms with Crippen LogP contribution in [0, 0.1) is 6.92 Å². The molecule has 3 nitrogen and oxygen atoms in total. The van der Waals surface area contributed by atoms with Gasteiger partial charge in [-0.25, -0.2) is 0 Å². The van der Waals surface area contributed by atoms with Crippen LogP contribution < -0.4 is 4.74 Å². The molecule has 1 rings (SSSR count). The first-order valence-corrected chi connectivity index (χ1v) is 5.46. The summed E-state index contributed by atoms with van der Waals surface area (Å²) in [5.74, 6) is -0.00459. The minimum absolute atomic E-state index is 0.433. The highest BCUT2D eigenvalue weighted by atomic mass is 32.2. The first-order valence-electron chi connectivity index (χ1n) is 4.58. The van der Waals surface area contributed by atoms with E-state index in [1.165, 1.54) is 11.8 Å². The van der Waals surface area contributed by atoms with Gasteiger partial charge in [-0.3, -0.25) is 4.79 Å². The van der Waals surface area contributed by atoms with Crippen LogP contribution in [0.1, 0.15) is 12.5 Å². The first kappa shape index (κ1) is 11.9. The van der Waals surface area contributed by atoms with E-state index in [2.05, 4.69) is 0 Å².